The predicted octanol–water partition coefficient (Wildman–Crippen LogP) is -0.906. The summed E-state index contributed by atoms with van der Waals surface area (Å²) in [4.78, 5) is 22.6. The van der Waals surface area contributed by atoms with Crippen LogP contribution in [0.5, 0.6) is 0 Å². The number of nitrogens with one attached hydrogen (secondary N) is 1. The van der Waals surface area contributed by atoms with Gasteiger partial charge in [0.2, 0.25) is 5.09 Å². The first-order chi connectivity index (χ1) is 9.57. The van der Waals surface area contributed by atoms with Gasteiger partial charge in [-0.15, -0.1) is 0 Å². The maximum atomic E-state index is 11.8. The summed E-state index contributed by atoms with van der Waals surface area (Å²) in [5.74, 6) is -2.74. The van der Waals surface area contributed by atoms with Crippen LogP contribution in [-0.2, 0) is 14.8 Å². The summed E-state index contributed by atoms with van der Waals surface area (Å²) in [6.45, 7) is 1.20. The number of sulfonamides is 1. The highest BCUT2D eigenvalue weighted by molar-refractivity contribution is 7.88. The molecule has 0 aliphatic carbocycles. The molecule has 0 fully saturated rings. The molecule has 0 saturated carbocycles. The summed E-state index contributed by atoms with van der Waals surface area (Å²) in [6, 6.07) is 0.659. The lowest BCUT2D eigenvalue weighted by atomic mass is 10.2. The number of amides is 1. The Labute approximate surface area is 121 Å². The first kappa shape index (κ1) is 17.1. The summed E-state index contributed by atoms with van der Waals surface area (Å²) in [5.41, 5.74) is 0. The van der Waals surface area contributed by atoms with E-state index in [1.165, 1.54) is 21.0 Å². The normalized spacial score (nSPS) is 14.7. The van der Waals surface area contributed by atoms with Crippen LogP contribution < -0.4 is 5.32 Å². The van der Waals surface area contributed by atoms with Crippen LogP contribution in [0.2, 0.25) is 0 Å². The van der Waals surface area contributed by atoms with Gasteiger partial charge in [-0.2, -0.15) is 0 Å². The molecule has 21 heavy (non-hydrogen) atoms. The van der Waals surface area contributed by atoms with Crippen molar-refractivity contribution in [1.82, 2.24) is 9.62 Å². The smallest absolute Gasteiger partial charge is 0.328 e. The maximum Gasteiger partial charge on any atom is 0.328 e. The van der Waals surface area contributed by atoms with Gasteiger partial charge in [0.05, 0.1) is 6.10 Å². The Kier molecular flexibility index (Phi) is 5.10. The van der Waals surface area contributed by atoms with Crippen molar-refractivity contribution in [2.45, 2.75) is 24.2 Å². The molecule has 10 heteroatoms. The SMILES string of the molecule is C[C@@H](O)[C@H](NC(=O)c1ccc(S(=O)(=O)N(C)C)o1)C(=O)O. The number of furan rings is 1. The molecule has 0 bridgehead atoms. The second kappa shape index (κ2) is 6.24. The molecule has 0 radical (unpaired) electrons. The largest absolute Gasteiger partial charge is 0.480 e. The quantitative estimate of drug-likeness (QED) is 0.617. The fourth-order valence-corrected chi connectivity index (χ4v) is 2.16. The number of rotatable bonds is 6. The molecule has 1 aromatic heterocycles. The number of carboxylic acid groups (broad SMARTS) is 1. The van der Waals surface area contributed by atoms with E-state index in [0.717, 1.165) is 16.4 Å². The van der Waals surface area contributed by atoms with E-state index in [1.807, 2.05) is 5.32 Å². The summed E-state index contributed by atoms with van der Waals surface area (Å²) in [5, 5.41) is 19.7. The highest BCUT2D eigenvalue weighted by atomic mass is 32.2. The van der Waals surface area contributed by atoms with Crippen molar-refractivity contribution in [3.63, 3.8) is 0 Å². The fraction of sp³-hybridized carbons (Fsp3) is 0.455. The molecule has 1 heterocycles. The number of nitrogens with zero attached hydrogens (tertiary/aromatic N) is 1. The first-order valence-electron chi connectivity index (χ1n) is 5.81. The van der Waals surface area contributed by atoms with Gasteiger partial charge in [0.15, 0.2) is 11.8 Å². The monoisotopic (exact) mass is 320 g/mol. The van der Waals surface area contributed by atoms with Crippen LogP contribution >= 0.6 is 0 Å². The van der Waals surface area contributed by atoms with E-state index in [9.17, 15) is 23.1 Å². The lowest BCUT2D eigenvalue weighted by molar-refractivity contribution is -0.141. The van der Waals surface area contributed by atoms with Crippen molar-refractivity contribution >= 4 is 21.9 Å². The minimum absolute atomic E-state index is 0.373. The molecule has 1 aromatic rings. The van der Waals surface area contributed by atoms with Gasteiger partial charge >= 0.3 is 5.97 Å². The van der Waals surface area contributed by atoms with E-state index in [-0.39, 0.29) is 5.76 Å². The highest BCUT2D eigenvalue weighted by Gasteiger charge is 2.28. The number of carboxylic acids is 1. The van der Waals surface area contributed by atoms with Gasteiger partial charge in [-0.3, -0.25) is 4.79 Å². The summed E-state index contributed by atoms with van der Waals surface area (Å²) in [7, 11) is -1.24. The Balaban J connectivity index is 2.96. The zero-order valence-electron chi connectivity index (χ0n) is 11.6. The topological polar surface area (TPSA) is 137 Å². The molecule has 1 rings (SSSR count). The van der Waals surface area contributed by atoms with Crippen LogP contribution in [0.4, 0.5) is 0 Å². The van der Waals surface area contributed by atoms with Crippen molar-refractivity contribution < 1.29 is 32.6 Å². The lowest BCUT2D eigenvalue weighted by Crippen LogP contribution is -2.47. The molecule has 9 nitrogen and oxygen atoms in total. The van der Waals surface area contributed by atoms with E-state index in [2.05, 4.69) is 0 Å². The maximum absolute atomic E-state index is 11.8. The number of hydrogen-bond donors (Lipinski definition) is 3. The molecule has 118 valence electrons. The van der Waals surface area contributed by atoms with E-state index in [4.69, 9.17) is 9.52 Å². The third kappa shape index (κ3) is 3.80. The molecule has 2 atom stereocenters. The number of hydrogen-bond acceptors (Lipinski definition) is 6. The minimum Gasteiger partial charge on any atom is -0.480 e. The van der Waals surface area contributed by atoms with Crippen molar-refractivity contribution in [3.8, 4) is 0 Å². The third-order valence-electron chi connectivity index (χ3n) is 2.58. The van der Waals surface area contributed by atoms with Crippen LogP contribution in [0.1, 0.15) is 17.5 Å². The Hall–Kier alpha value is -1.91. The number of aliphatic hydroxyl groups is 1. The van der Waals surface area contributed by atoms with E-state index >= 15 is 0 Å². The molecule has 0 saturated heterocycles. The molecule has 0 aliphatic heterocycles. The fourth-order valence-electron chi connectivity index (χ4n) is 1.36. The van der Waals surface area contributed by atoms with Crippen LogP contribution in [-0.4, -0.2) is 61.1 Å². The molecule has 0 aliphatic rings. The summed E-state index contributed by atoms with van der Waals surface area (Å²) < 4.78 is 29.4. The minimum atomic E-state index is -3.83. The highest BCUT2D eigenvalue weighted by Crippen LogP contribution is 2.17. The number of carbonyl (C=O) groups excluding carboxylic acids is 1. The standard InChI is InChI=1S/C11H16N2O7S/c1-6(14)9(11(16)17)12-10(15)7-4-5-8(20-7)21(18,19)13(2)3/h4-6,9,14H,1-3H3,(H,12,15)(H,16,17)/t6-,9+/m1/s1. The van der Waals surface area contributed by atoms with E-state index < -0.39 is 39.1 Å². The van der Waals surface area contributed by atoms with Crippen LogP contribution in [0.15, 0.2) is 21.6 Å². The third-order valence-corrected chi connectivity index (χ3v) is 4.26. The van der Waals surface area contributed by atoms with Crippen LogP contribution in [0.25, 0.3) is 0 Å². The Morgan fingerprint density at radius 3 is 2.33 bits per heavy atom. The van der Waals surface area contributed by atoms with Gasteiger partial charge in [0.1, 0.15) is 0 Å². The van der Waals surface area contributed by atoms with Crippen molar-refractivity contribution in [2.24, 2.45) is 0 Å². The summed E-state index contributed by atoms with van der Waals surface area (Å²) >= 11 is 0. The molecular formula is C11H16N2O7S. The van der Waals surface area contributed by atoms with Crippen LogP contribution in [0, 0.1) is 0 Å². The average molecular weight is 320 g/mol. The van der Waals surface area contributed by atoms with Gasteiger partial charge in [0, 0.05) is 14.1 Å². The molecule has 0 aromatic carbocycles. The predicted molar refractivity (Wildman–Crippen MR) is 70.2 cm³/mol. The van der Waals surface area contributed by atoms with E-state index in [1.54, 1.807) is 0 Å². The number of carbonyl (C=O) groups is 2. The van der Waals surface area contributed by atoms with Crippen molar-refractivity contribution in [3.05, 3.63) is 17.9 Å². The Bertz CT molecular complexity index is 633. The molecule has 0 spiro atoms. The number of aliphatic hydroxyl groups excluding tert-OH is 1. The first-order valence-corrected chi connectivity index (χ1v) is 7.25. The van der Waals surface area contributed by atoms with Gasteiger partial charge in [0.25, 0.3) is 15.9 Å². The molecule has 0 unspecified atom stereocenters. The zero-order chi connectivity index (χ0) is 16.4. The Morgan fingerprint density at radius 2 is 1.90 bits per heavy atom. The Morgan fingerprint density at radius 1 is 1.33 bits per heavy atom. The van der Waals surface area contributed by atoms with Gasteiger partial charge in [-0.05, 0) is 19.1 Å². The second-order valence-electron chi connectivity index (χ2n) is 4.44. The summed E-state index contributed by atoms with van der Waals surface area (Å²) in [6.07, 6.45) is -1.33. The molecule has 3 N–H and O–H groups in total. The van der Waals surface area contributed by atoms with Gasteiger partial charge < -0.3 is 19.9 Å². The second-order valence-corrected chi connectivity index (χ2v) is 6.52. The zero-order valence-corrected chi connectivity index (χ0v) is 12.4. The number of aliphatic carboxylic acids is 1. The molecular weight excluding hydrogens is 304 g/mol. The van der Waals surface area contributed by atoms with Gasteiger partial charge in [-0.25, -0.2) is 17.5 Å². The van der Waals surface area contributed by atoms with Gasteiger partial charge in [-0.1, -0.05) is 0 Å². The van der Waals surface area contributed by atoms with Crippen molar-refractivity contribution in [2.75, 3.05) is 14.1 Å². The van der Waals surface area contributed by atoms with Crippen molar-refractivity contribution in [1.29, 1.82) is 0 Å². The van der Waals surface area contributed by atoms with Crippen LogP contribution in [0.3, 0.4) is 0 Å². The average Bonchev–Trinajstić information content (AvgIpc) is 2.84. The lowest BCUT2D eigenvalue weighted by Gasteiger charge is -2.16. The molecule has 1 amide bonds. The van der Waals surface area contributed by atoms with E-state index in [0.29, 0.717) is 0 Å².